The number of benzene rings is 4. The molecular weight excluding hydrogens is 522 g/mol. The third kappa shape index (κ3) is 4.10. The molecule has 2 unspecified atom stereocenters. The van der Waals surface area contributed by atoms with Crippen molar-refractivity contribution in [1.82, 2.24) is 0 Å². The normalized spacial score (nSPS) is 17.8. The third-order valence-corrected chi connectivity index (χ3v) is 12.2. The molecule has 3 heteroatoms. The van der Waals surface area contributed by atoms with Crippen molar-refractivity contribution in [2.24, 2.45) is 0 Å². The van der Waals surface area contributed by atoms with E-state index in [9.17, 15) is 0 Å². The molecule has 2 aliphatic rings. The van der Waals surface area contributed by atoms with Crippen molar-refractivity contribution < 1.29 is 48.0 Å². The van der Waals surface area contributed by atoms with Crippen molar-refractivity contribution >= 4 is 22.9 Å². The summed E-state index contributed by atoms with van der Waals surface area (Å²) in [6.45, 7) is 4.71. The second kappa shape index (κ2) is 9.75. The monoisotopic (exact) mass is 544 g/mol. The average Bonchev–Trinajstić information content (AvgIpc) is 3.30. The first kappa shape index (κ1) is 24.2. The van der Waals surface area contributed by atoms with Gasteiger partial charge in [-0.05, 0) is 0 Å². The number of rotatable bonds is 3. The molecule has 0 aliphatic heterocycles. The molecule has 6 rings (SSSR count). The van der Waals surface area contributed by atoms with E-state index in [0.717, 1.165) is 0 Å². The Labute approximate surface area is 220 Å². The van der Waals surface area contributed by atoms with Crippen LogP contribution in [0, 0.1) is 0 Å². The Kier molecular flexibility index (Phi) is 7.16. The zero-order chi connectivity index (χ0) is 20.9. The van der Waals surface area contributed by atoms with Crippen LogP contribution in [0.15, 0.2) is 96.1 Å². The minimum Gasteiger partial charge on any atom is -1.00 e. The van der Waals surface area contributed by atoms with Gasteiger partial charge >= 0.3 is 197 Å². The molecule has 33 heavy (non-hydrogen) atoms. The summed E-state index contributed by atoms with van der Waals surface area (Å²) in [4.78, 5) is 0. The van der Waals surface area contributed by atoms with Gasteiger partial charge in [0.2, 0.25) is 0 Å². The van der Waals surface area contributed by atoms with Gasteiger partial charge in [-0.1, -0.05) is 0 Å². The van der Waals surface area contributed by atoms with Crippen molar-refractivity contribution in [2.45, 2.75) is 21.1 Å². The van der Waals surface area contributed by atoms with Crippen LogP contribution in [0.5, 0.6) is 0 Å². The van der Waals surface area contributed by atoms with Crippen molar-refractivity contribution in [2.75, 3.05) is 0 Å². The van der Waals surface area contributed by atoms with Crippen LogP contribution in [-0.4, -0.2) is 0 Å². The van der Waals surface area contributed by atoms with Crippen molar-refractivity contribution in [1.29, 1.82) is 0 Å². The van der Waals surface area contributed by atoms with Crippen LogP contribution >= 0.6 is 0 Å². The number of allylic oxidation sites excluding steroid dienone is 2. The minimum absolute atomic E-state index is 0. The fourth-order valence-electron chi connectivity index (χ4n) is 5.31. The van der Waals surface area contributed by atoms with Gasteiger partial charge in [0.05, 0.1) is 0 Å². The molecule has 0 fully saturated rings. The van der Waals surface area contributed by atoms with Crippen molar-refractivity contribution in [3.05, 3.63) is 118 Å². The molecule has 2 atom stereocenters. The first-order valence-corrected chi connectivity index (χ1v) is 13.9. The van der Waals surface area contributed by atoms with Crippen LogP contribution in [-0.2, 0) is 23.2 Å². The Morgan fingerprint density at radius 3 is 1.97 bits per heavy atom. The molecule has 0 radical (unpaired) electrons. The van der Waals surface area contributed by atoms with Crippen LogP contribution in [0.2, 0.25) is 0 Å². The SMILES string of the molecule is CC1=Cc2c(-c3ccccc3)cccc2[CH]1[Zr+2][CH]1C(C)=Cc2c1ccc1ccccc21.[Cl-].[Cl-]. The Hall–Kier alpha value is -1.92. The Morgan fingerprint density at radius 1 is 0.576 bits per heavy atom. The molecule has 0 nitrogen and oxygen atoms in total. The molecule has 0 aromatic heterocycles. The van der Waals surface area contributed by atoms with Crippen LogP contribution in [0.4, 0.5) is 0 Å². The molecule has 2 aliphatic carbocycles. The van der Waals surface area contributed by atoms with Crippen LogP contribution in [0.1, 0.15) is 43.4 Å². The van der Waals surface area contributed by atoms with Gasteiger partial charge in [-0.15, -0.1) is 0 Å². The predicted molar refractivity (Wildman–Crippen MR) is 129 cm³/mol. The second-order valence-corrected chi connectivity index (χ2v) is 12.4. The van der Waals surface area contributed by atoms with E-state index in [-0.39, 0.29) is 24.8 Å². The van der Waals surface area contributed by atoms with E-state index < -0.39 is 23.2 Å². The molecule has 0 bridgehead atoms. The van der Waals surface area contributed by atoms with Crippen LogP contribution in [0.3, 0.4) is 0 Å². The quantitative estimate of drug-likeness (QED) is 0.370. The van der Waals surface area contributed by atoms with Gasteiger partial charge in [-0.3, -0.25) is 0 Å². The molecule has 0 amide bonds. The standard InChI is InChI=1S/C16H13.C14H11.2ClH.Zr/c1-12-10-14-8-5-9-15(16(14)11-12)13-6-3-2-4-7-13;1-10-8-12-7-6-11-4-2-3-5-13(11)14(12)9-10;;;/h2-11H,1H3;2-9H,1H3;2*1H;/q;;;;+2/p-2. The zero-order valence-electron chi connectivity index (χ0n) is 18.6. The maximum absolute atomic E-state index is 2.47. The van der Waals surface area contributed by atoms with E-state index in [1.807, 2.05) is 0 Å². The number of hydrogen-bond donors (Lipinski definition) is 0. The van der Waals surface area contributed by atoms with Gasteiger partial charge in [-0.25, -0.2) is 0 Å². The zero-order valence-corrected chi connectivity index (χ0v) is 22.6. The predicted octanol–water partition coefficient (Wildman–Crippen LogP) is 2.21. The summed E-state index contributed by atoms with van der Waals surface area (Å²) >= 11 is -0.802. The van der Waals surface area contributed by atoms with Gasteiger partial charge in [0, 0.05) is 0 Å². The van der Waals surface area contributed by atoms with E-state index in [2.05, 4.69) is 111 Å². The second-order valence-electron chi connectivity index (χ2n) is 8.77. The van der Waals surface area contributed by atoms with E-state index >= 15 is 0 Å². The van der Waals surface area contributed by atoms with Crippen LogP contribution < -0.4 is 24.8 Å². The van der Waals surface area contributed by atoms with Crippen molar-refractivity contribution in [3.8, 4) is 11.1 Å². The summed E-state index contributed by atoms with van der Waals surface area (Å²) in [5.41, 5.74) is 11.9. The van der Waals surface area contributed by atoms with Gasteiger partial charge in [0.25, 0.3) is 0 Å². The first-order chi connectivity index (χ1) is 15.2. The van der Waals surface area contributed by atoms with Crippen molar-refractivity contribution in [3.63, 3.8) is 0 Å². The van der Waals surface area contributed by atoms with E-state index in [1.165, 1.54) is 33.0 Å². The third-order valence-electron chi connectivity index (χ3n) is 6.84. The number of fused-ring (bicyclic) bond motifs is 4. The molecule has 0 saturated carbocycles. The number of halogens is 2. The topological polar surface area (TPSA) is 0 Å². The Bertz CT molecular complexity index is 1390. The average molecular weight is 547 g/mol. The summed E-state index contributed by atoms with van der Waals surface area (Å²) in [5, 5.41) is 2.76. The summed E-state index contributed by atoms with van der Waals surface area (Å²) in [6.07, 6.45) is 4.94. The first-order valence-electron chi connectivity index (χ1n) is 11.0. The molecule has 0 N–H and O–H groups in total. The molecule has 0 spiro atoms. The fourth-order valence-corrected chi connectivity index (χ4v) is 9.95. The maximum atomic E-state index is 2.47. The summed E-state index contributed by atoms with van der Waals surface area (Å²) in [7, 11) is 0. The minimum atomic E-state index is -0.802. The molecule has 0 saturated heterocycles. The van der Waals surface area contributed by atoms with E-state index in [4.69, 9.17) is 0 Å². The largest absolute Gasteiger partial charge is 1.00 e. The smallest absolute Gasteiger partial charge is 1.00 e. The molecule has 0 heterocycles. The maximum Gasteiger partial charge on any atom is -1.00 e. The molecule has 162 valence electrons. The van der Waals surface area contributed by atoms with E-state index in [1.54, 1.807) is 22.3 Å². The molecular formula is C30H24Cl2Zr. The van der Waals surface area contributed by atoms with E-state index in [0.29, 0.717) is 7.25 Å². The van der Waals surface area contributed by atoms with Gasteiger partial charge < -0.3 is 24.8 Å². The Morgan fingerprint density at radius 2 is 1.21 bits per heavy atom. The van der Waals surface area contributed by atoms with Gasteiger partial charge in [0.1, 0.15) is 0 Å². The van der Waals surface area contributed by atoms with Crippen LogP contribution in [0.25, 0.3) is 34.1 Å². The fraction of sp³-hybridized carbons (Fsp3) is 0.133. The summed E-state index contributed by atoms with van der Waals surface area (Å²) in [6, 6.07) is 31.3. The number of hydrogen-bond acceptors (Lipinski definition) is 0. The summed E-state index contributed by atoms with van der Waals surface area (Å²) in [5.74, 6) is 0. The molecule has 4 aromatic rings. The van der Waals surface area contributed by atoms with Gasteiger partial charge in [-0.2, -0.15) is 0 Å². The van der Waals surface area contributed by atoms with Gasteiger partial charge in [0.15, 0.2) is 0 Å². The molecule has 4 aromatic carbocycles. The summed E-state index contributed by atoms with van der Waals surface area (Å²) < 4.78 is 1.30. The Balaban J connectivity index is 0.00000130.